The molecule has 2 aromatic heterocycles. The number of carbonyl (C=O) groups is 1. The molecule has 8 heteroatoms. The molecule has 5 rings (SSSR count). The SMILES string of the molecule is O=C(Nc1ccc(F)cc1)Nc1ccc(Oc2ccnc3nc(C4CC4)[nH]c23)cc1. The Balaban J connectivity index is 1.25. The fraction of sp³-hybridized carbons (Fsp3) is 0.136. The van der Waals surface area contributed by atoms with Gasteiger partial charge in [-0.05, 0) is 61.4 Å². The lowest BCUT2D eigenvalue weighted by Crippen LogP contribution is -2.19. The molecule has 0 radical (unpaired) electrons. The Kier molecular flexibility index (Phi) is 4.51. The number of aromatic nitrogens is 3. The number of halogens is 1. The molecular weight excluding hydrogens is 385 g/mol. The molecule has 0 unspecified atom stereocenters. The van der Waals surface area contributed by atoms with Crippen LogP contribution >= 0.6 is 0 Å². The molecule has 0 atom stereocenters. The van der Waals surface area contributed by atoms with Crippen molar-refractivity contribution in [3.63, 3.8) is 0 Å². The fourth-order valence-corrected chi connectivity index (χ4v) is 3.10. The lowest BCUT2D eigenvalue weighted by molar-refractivity contribution is 0.262. The van der Waals surface area contributed by atoms with E-state index in [9.17, 15) is 9.18 Å². The van der Waals surface area contributed by atoms with Gasteiger partial charge in [0.25, 0.3) is 0 Å². The Morgan fingerprint density at radius 1 is 1.00 bits per heavy atom. The number of pyridine rings is 1. The maximum atomic E-state index is 12.9. The van der Waals surface area contributed by atoms with Crippen molar-refractivity contribution in [1.82, 2.24) is 15.0 Å². The number of hydrogen-bond acceptors (Lipinski definition) is 4. The molecule has 4 aromatic rings. The van der Waals surface area contributed by atoms with Gasteiger partial charge in [0.2, 0.25) is 0 Å². The number of urea groups is 1. The fourth-order valence-electron chi connectivity index (χ4n) is 3.10. The van der Waals surface area contributed by atoms with E-state index >= 15 is 0 Å². The van der Waals surface area contributed by atoms with Gasteiger partial charge in [-0.3, -0.25) is 0 Å². The van der Waals surface area contributed by atoms with Gasteiger partial charge in [-0.25, -0.2) is 19.2 Å². The predicted molar refractivity (Wildman–Crippen MR) is 111 cm³/mol. The van der Waals surface area contributed by atoms with Crippen LogP contribution in [0.1, 0.15) is 24.6 Å². The van der Waals surface area contributed by atoms with Crippen LogP contribution < -0.4 is 15.4 Å². The van der Waals surface area contributed by atoms with Crippen molar-refractivity contribution in [2.45, 2.75) is 18.8 Å². The highest BCUT2D eigenvalue weighted by atomic mass is 19.1. The normalized spacial score (nSPS) is 13.2. The third kappa shape index (κ3) is 3.93. The number of H-pyrrole nitrogens is 1. The Morgan fingerprint density at radius 2 is 1.67 bits per heavy atom. The third-order valence-electron chi connectivity index (χ3n) is 4.78. The lowest BCUT2D eigenvalue weighted by atomic mass is 10.3. The summed E-state index contributed by atoms with van der Waals surface area (Å²) >= 11 is 0. The molecule has 2 amide bonds. The van der Waals surface area contributed by atoms with Gasteiger partial charge >= 0.3 is 6.03 Å². The van der Waals surface area contributed by atoms with Crippen molar-refractivity contribution in [2.24, 2.45) is 0 Å². The Bertz CT molecular complexity index is 1200. The van der Waals surface area contributed by atoms with Crippen molar-refractivity contribution in [3.8, 4) is 11.5 Å². The van der Waals surface area contributed by atoms with E-state index in [1.54, 1.807) is 36.5 Å². The summed E-state index contributed by atoms with van der Waals surface area (Å²) in [6.45, 7) is 0. The first-order valence-electron chi connectivity index (χ1n) is 9.60. The maximum Gasteiger partial charge on any atom is 0.323 e. The minimum Gasteiger partial charge on any atom is -0.455 e. The summed E-state index contributed by atoms with van der Waals surface area (Å²) in [7, 11) is 0. The summed E-state index contributed by atoms with van der Waals surface area (Å²) in [5, 5.41) is 5.37. The summed E-state index contributed by atoms with van der Waals surface area (Å²) in [6.07, 6.45) is 3.98. The highest BCUT2D eigenvalue weighted by Crippen LogP contribution is 2.40. The van der Waals surface area contributed by atoms with Crippen molar-refractivity contribution in [2.75, 3.05) is 10.6 Å². The van der Waals surface area contributed by atoms with Crippen LogP contribution in [-0.4, -0.2) is 21.0 Å². The largest absolute Gasteiger partial charge is 0.455 e. The molecule has 2 aromatic carbocycles. The van der Waals surface area contributed by atoms with E-state index in [2.05, 4.69) is 25.6 Å². The summed E-state index contributed by atoms with van der Waals surface area (Å²) in [6, 6.07) is 13.9. The number of nitrogens with one attached hydrogen (secondary N) is 3. The Morgan fingerprint density at radius 3 is 2.33 bits per heavy atom. The summed E-state index contributed by atoms with van der Waals surface area (Å²) in [4.78, 5) is 24.3. The second kappa shape index (κ2) is 7.47. The zero-order valence-electron chi connectivity index (χ0n) is 15.9. The van der Waals surface area contributed by atoms with Gasteiger partial charge in [0, 0.05) is 29.6 Å². The number of benzene rings is 2. The van der Waals surface area contributed by atoms with E-state index in [1.807, 2.05) is 0 Å². The number of aromatic amines is 1. The van der Waals surface area contributed by atoms with E-state index in [-0.39, 0.29) is 5.82 Å². The second-order valence-corrected chi connectivity index (χ2v) is 7.12. The molecule has 0 saturated heterocycles. The minimum atomic E-state index is -0.420. The van der Waals surface area contributed by atoms with Crippen molar-refractivity contribution in [1.29, 1.82) is 0 Å². The molecule has 1 aliphatic rings. The van der Waals surface area contributed by atoms with Crippen molar-refractivity contribution in [3.05, 3.63) is 72.4 Å². The van der Waals surface area contributed by atoms with E-state index < -0.39 is 6.03 Å². The van der Waals surface area contributed by atoms with E-state index in [0.29, 0.717) is 34.4 Å². The van der Waals surface area contributed by atoms with Crippen LogP contribution in [0, 0.1) is 5.82 Å². The lowest BCUT2D eigenvalue weighted by Gasteiger charge is -2.09. The predicted octanol–water partition coefficient (Wildman–Crippen LogP) is 5.41. The second-order valence-electron chi connectivity index (χ2n) is 7.12. The van der Waals surface area contributed by atoms with Gasteiger partial charge in [0.05, 0.1) is 0 Å². The van der Waals surface area contributed by atoms with Crippen LogP contribution in [0.5, 0.6) is 11.5 Å². The molecular formula is C22H18FN5O2. The zero-order chi connectivity index (χ0) is 20.5. The number of carbonyl (C=O) groups excluding carboxylic acids is 1. The van der Waals surface area contributed by atoms with Gasteiger partial charge < -0.3 is 20.4 Å². The summed E-state index contributed by atoms with van der Waals surface area (Å²) < 4.78 is 18.9. The maximum absolute atomic E-state index is 12.9. The molecule has 1 fully saturated rings. The zero-order valence-corrected chi connectivity index (χ0v) is 15.9. The Hall–Kier alpha value is -3.94. The summed E-state index contributed by atoms with van der Waals surface area (Å²) in [5.41, 5.74) is 2.52. The number of anilines is 2. The van der Waals surface area contributed by atoms with E-state index in [4.69, 9.17) is 4.74 Å². The van der Waals surface area contributed by atoms with Crippen LogP contribution in [0.25, 0.3) is 11.2 Å². The number of nitrogens with zero attached hydrogens (tertiary/aromatic N) is 2. The van der Waals surface area contributed by atoms with Crippen molar-refractivity contribution < 1.29 is 13.9 Å². The first-order chi connectivity index (χ1) is 14.6. The molecule has 7 nitrogen and oxygen atoms in total. The number of ether oxygens (including phenoxy) is 1. The van der Waals surface area contributed by atoms with Crippen LogP contribution in [0.4, 0.5) is 20.6 Å². The molecule has 0 spiro atoms. The molecule has 1 aliphatic carbocycles. The van der Waals surface area contributed by atoms with E-state index in [1.165, 1.54) is 24.3 Å². The van der Waals surface area contributed by atoms with Crippen LogP contribution in [-0.2, 0) is 0 Å². The minimum absolute atomic E-state index is 0.359. The number of imidazole rings is 1. The third-order valence-corrected chi connectivity index (χ3v) is 4.78. The number of hydrogen-bond donors (Lipinski definition) is 3. The van der Waals surface area contributed by atoms with Crippen LogP contribution in [0.15, 0.2) is 60.8 Å². The quantitative estimate of drug-likeness (QED) is 0.415. The topological polar surface area (TPSA) is 91.9 Å². The molecule has 30 heavy (non-hydrogen) atoms. The molecule has 2 heterocycles. The number of rotatable bonds is 5. The van der Waals surface area contributed by atoms with E-state index in [0.717, 1.165) is 24.2 Å². The first-order valence-corrected chi connectivity index (χ1v) is 9.60. The van der Waals surface area contributed by atoms with Gasteiger partial charge in [-0.2, -0.15) is 0 Å². The number of fused-ring (bicyclic) bond motifs is 1. The highest BCUT2D eigenvalue weighted by Gasteiger charge is 2.27. The monoisotopic (exact) mass is 403 g/mol. The molecule has 150 valence electrons. The standard InChI is InChI=1S/C22H18FN5O2/c23-14-3-5-15(6-4-14)25-22(29)26-16-7-9-17(10-8-16)30-18-11-12-24-21-19(18)27-20(28-21)13-1-2-13/h3-13H,1-2H2,(H,24,27,28)(H2,25,26,29). The van der Waals surface area contributed by atoms with Crippen LogP contribution in [0.3, 0.4) is 0 Å². The smallest absolute Gasteiger partial charge is 0.323 e. The molecule has 1 saturated carbocycles. The van der Waals surface area contributed by atoms with Gasteiger partial charge in [0.15, 0.2) is 11.4 Å². The van der Waals surface area contributed by atoms with Crippen molar-refractivity contribution >= 4 is 28.6 Å². The number of amides is 2. The average molecular weight is 403 g/mol. The highest BCUT2D eigenvalue weighted by molar-refractivity contribution is 5.99. The Labute approximate surface area is 171 Å². The average Bonchev–Trinajstić information content (AvgIpc) is 3.50. The summed E-state index contributed by atoms with van der Waals surface area (Å²) in [5.74, 6) is 2.37. The molecule has 0 aliphatic heterocycles. The van der Waals surface area contributed by atoms with Crippen LogP contribution in [0.2, 0.25) is 0 Å². The van der Waals surface area contributed by atoms with Gasteiger partial charge in [-0.15, -0.1) is 0 Å². The molecule has 3 N–H and O–H groups in total. The van der Waals surface area contributed by atoms with Gasteiger partial charge in [-0.1, -0.05) is 0 Å². The first kappa shape index (κ1) is 18.1. The molecule has 0 bridgehead atoms. The van der Waals surface area contributed by atoms with Gasteiger partial charge in [0.1, 0.15) is 22.9 Å².